The maximum Gasteiger partial charge on any atom is 0.355 e. The van der Waals surface area contributed by atoms with E-state index in [0.29, 0.717) is 0 Å². The van der Waals surface area contributed by atoms with E-state index in [9.17, 15) is 14.4 Å². The molecule has 2 aliphatic heterocycles. The Morgan fingerprint density at radius 1 is 1.29 bits per heavy atom. The highest BCUT2D eigenvalue weighted by atomic mass is 32.2. The fourth-order valence-corrected chi connectivity index (χ4v) is 3.16. The summed E-state index contributed by atoms with van der Waals surface area (Å²) >= 11 is 0.941. The van der Waals surface area contributed by atoms with E-state index in [-0.39, 0.29) is 23.3 Å². The fraction of sp³-hybridized carbons (Fsp3) is 0.214. The van der Waals surface area contributed by atoms with E-state index in [2.05, 4.69) is 0 Å². The van der Waals surface area contributed by atoms with E-state index in [1.807, 2.05) is 30.3 Å². The Kier molecular flexibility index (Phi) is 3.52. The van der Waals surface area contributed by atoms with Crippen molar-refractivity contribution in [3.63, 3.8) is 0 Å². The van der Waals surface area contributed by atoms with E-state index in [4.69, 9.17) is 10.5 Å². The lowest BCUT2D eigenvalue weighted by molar-refractivity contribution is -0.151. The molecule has 2 aliphatic rings. The molecule has 21 heavy (non-hydrogen) atoms. The Hall–Kier alpha value is -2.12. The molecule has 0 radical (unpaired) electrons. The Morgan fingerprint density at radius 3 is 2.71 bits per heavy atom. The smallest absolute Gasteiger partial charge is 0.355 e. The lowest BCUT2D eigenvalue weighted by Gasteiger charge is -2.46. The van der Waals surface area contributed by atoms with Gasteiger partial charge in [0.1, 0.15) is 23.7 Å². The quantitative estimate of drug-likeness (QED) is 0.641. The van der Waals surface area contributed by atoms with Crippen LogP contribution < -0.4 is 5.73 Å². The molecule has 2 N–H and O–H groups in total. The molecule has 6 nitrogen and oxygen atoms in total. The van der Waals surface area contributed by atoms with Crippen molar-refractivity contribution in [1.29, 1.82) is 0 Å². The van der Waals surface area contributed by atoms with Crippen LogP contribution >= 0.6 is 11.8 Å². The summed E-state index contributed by atoms with van der Waals surface area (Å²) in [7, 11) is 0. The molecule has 0 bridgehead atoms. The van der Waals surface area contributed by atoms with Gasteiger partial charge < -0.3 is 10.5 Å². The van der Waals surface area contributed by atoms with Gasteiger partial charge in [0.15, 0.2) is 0 Å². The first kappa shape index (κ1) is 13.8. The molecule has 1 amide bonds. The zero-order chi connectivity index (χ0) is 15.0. The molecule has 1 fully saturated rings. The highest BCUT2D eigenvalue weighted by Crippen LogP contribution is 2.37. The third kappa shape index (κ3) is 2.45. The van der Waals surface area contributed by atoms with Gasteiger partial charge in [-0.25, -0.2) is 4.79 Å². The first-order valence-electron chi connectivity index (χ1n) is 6.30. The van der Waals surface area contributed by atoms with Crippen LogP contribution in [0.1, 0.15) is 5.56 Å². The van der Waals surface area contributed by atoms with Crippen molar-refractivity contribution in [3.8, 4) is 0 Å². The minimum Gasteiger partial charge on any atom is -0.456 e. The normalized spacial score (nSPS) is 24.0. The lowest BCUT2D eigenvalue weighted by atomic mass is 10.1. The number of thioether (sulfide) groups is 1. The van der Waals surface area contributed by atoms with Crippen LogP contribution in [0.25, 0.3) is 0 Å². The molecule has 108 valence electrons. The van der Waals surface area contributed by atoms with Crippen molar-refractivity contribution in [2.75, 3.05) is 0 Å². The number of ether oxygens (including phenoxy) is 1. The van der Waals surface area contributed by atoms with E-state index in [1.54, 1.807) is 0 Å². The van der Waals surface area contributed by atoms with Crippen LogP contribution in [0.3, 0.4) is 0 Å². The molecular weight excluding hydrogens is 292 g/mol. The summed E-state index contributed by atoms with van der Waals surface area (Å²) in [6.07, 6.45) is 1.12. The predicted molar refractivity (Wildman–Crippen MR) is 75.5 cm³/mol. The number of β-lactam (4-membered cyclic amide) rings is 1. The molecule has 3 rings (SSSR count). The van der Waals surface area contributed by atoms with Crippen LogP contribution in [0.2, 0.25) is 0 Å². The van der Waals surface area contributed by atoms with Crippen molar-refractivity contribution in [2.45, 2.75) is 18.0 Å². The molecule has 1 aromatic rings. The first-order valence-corrected chi connectivity index (χ1v) is 7.18. The maximum atomic E-state index is 12.1. The third-order valence-corrected chi connectivity index (χ3v) is 4.35. The van der Waals surface area contributed by atoms with Crippen molar-refractivity contribution in [3.05, 3.63) is 47.7 Å². The summed E-state index contributed by atoms with van der Waals surface area (Å²) in [6.45, 7) is 0.0805. The number of fused-ring (bicyclic) bond motifs is 1. The topological polar surface area (TPSA) is 89.7 Å². The third-order valence-electron chi connectivity index (χ3n) is 3.26. The van der Waals surface area contributed by atoms with Gasteiger partial charge in [0.05, 0.1) is 0 Å². The zero-order valence-corrected chi connectivity index (χ0v) is 11.7. The number of nitrogens with two attached hydrogens (primary N) is 1. The number of amides is 1. The fourth-order valence-electron chi connectivity index (χ4n) is 2.16. The summed E-state index contributed by atoms with van der Waals surface area (Å²) in [4.78, 5) is 36.6. The van der Waals surface area contributed by atoms with E-state index < -0.39 is 17.4 Å². The van der Waals surface area contributed by atoms with Crippen molar-refractivity contribution >= 4 is 28.8 Å². The number of benzene rings is 1. The number of esters is 1. The van der Waals surface area contributed by atoms with Gasteiger partial charge in [0.2, 0.25) is 11.0 Å². The molecule has 0 aliphatic carbocycles. The monoisotopic (exact) mass is 304 g/mol. The first-order chi connectivity index (χ1) is 10.1. The summed E-state index contributed by atoms with van der Waals surface area (Å²) in [6, 6.07) is 8.41. The van der Waals surface area contributed by atoms with Crippen molar-refractivity contribution in [1.82, 2.24) is 4.90 Å². The molecule has 1 aromatic carbocycles. The van der Waals surface area contributed by atoms with Gasteiger partial charge in [-0.2, -0.15) is 0 Å². The van der Waals surface area contributed by atoms with Crippen LogP contribution in [0.5, 0.6) is 0 Å². The van der Waals surface area contributed by atoms with E-state index in [0.717, 1.165) is 23.4 Å². The summed E-state index contributed by atoms with van der Waals surface area (Å²) in [5.74, 6) is -1.07. The molecule has 0 spiro atoms. The number of carbonyl (C=O) groups is 3. The average Bonchev–Trinajstić information content (AvgIpc) is 2.52. The van der Waals surface area contributed by atoms with Gasteiger partial charge in [0, 0.05) is 6.08 Å². The van der Waals surface area contributed by atoms with Crippen molar-refractivity contribution in [2.24, 2.45) is 5.73 Å². The minimum atomic E-state index is -0.746. The van der Waals surface area contributed by atoms with Gasteiger partial charge in [-0.3, -0.25) is 14.5 Å². The number of hydrogen-bond acceptors (Lipinski definition) is 6. The Labute approximate surface area is 124 Å². The summed E-state index contributed by atoms with van der Waals surface area (Å²) in [5, 5.41) is -0.805. The van der Waals surface area contributed by atoms with Crippen LogP contribution in [0.15, 0.2) is 42.1 Å². The number of carbonyl (C=O) groups excluding carboxylic acids is 3. The lowest BCUT2D eigenvalue weighted by Crippen LogP contribution is -2.68. The molecule has 2 heterocycles. The SMILES string of the molecule is N[C@@H]1C(=O)N2C(C(=O)OCc3ccccc3)=CC(=O)S[C@H]12. The number of hydrogen-bond donors (Lipinski definition) is 1. The summed E-state index contributed by atoms with van der Waals surface area (Å²) in [5.41, 5.74) is 6.41. The number of rotatable bonds is 3. The largest absolute Gasteiger partial charge is 0.456 e. The zero-order valence-electron chi connectivity index (χ0n) is 10.9. The minimum absolute atomic E-state index is 0.0358. The second kappa shape index (κ2) is 5.34. The molecule has 0 saturated carbocycles. The Balaban J connectivity index is 1.72. The molecule has 1 saturated heterocycles. The Morgan fingerprint density at radius 2 is 2.00 bits per heavy atom. The maximum absolute atomic E-state index is 12.1. The molecule has 2 atom stereocenters. The molecule has 0 aromatic heterocycles. The van der Waals surface area contributed by atoms with Gasteiger partial charge in [0.25, 0.3) is 0 Å². The predicted octanol–water partition coefficient (Wildman–Crippen LogP) is 0.383. The van der Waals surface area contributed by atoms with Gasteiger partial charge in [-0.15, -0.1) is 0 Å². The molecular formula is C14H12N2O4S. The van der Waals surface area contributed by atoms with Crippen LogP contribution in [0, 0.1) is 0 Å². The number of nitrogens with zero attached hydrogens (tertiary/aromatic N) is 1. The summed E-state index contributed by atoms with van der Waals surface area (Å²) < 4.78 is 5.15. The second-order valence-corrected chi connectivity index (χ2v) is 5.77. The van der Waals surface area contributed by atoms with Gasteiger partial charge in [-0.1, -0.05) is 42.1 Å². The van der Waals surface area contributed by atoms with Gasteiger partial charge in [-0.05, 0) is 5.56 Å². The highest BCUT2D eigenvalue weighted by Gasteiger charge is 2.52. The highest BCUT2D eigenvalue weighted by molar-refractivity contribution is 8.14. The Bertz CT molecular complexity index is 644. The standard InChI is InChI=1S/C14H12N2O4S/c15-11-12(18)16-9(6-10(17)21-13(11)16)14(19)20-7-8-4-2-1-3-5-8/h1-6,11,13H,7,15H2/t11-,13-/m1/s1. The average molecular weight is 304 g/mol. The second-order valence-electron chi connectivity index (χ2n) is 4.65. The van der Waals surface area contributed by atoms with E-state index >= 15 is 0 Å². The van der Waals surface area contributed by atoms with E-state index in [1.165, 1.54) is 4.90 Å². The van der Waals surface area contributed by atoms with Crippen LogP contribution in [-0.4, -0.2) is 33.3 Å². The van der Waals surface area contributed by atoms with Crippen LogP contribution in [0.4, 0.5) is 0 Å². The molecule has 7 heteroatoms. The van der Waals surface area contributed by atoms with Crippen molar-refractivity contribution < 1.29 is 19.1 Å². The van der Waals surface area contributed by atoms with Gasteiger partial charge >= 0.3 is 5.97 Å². The van der Waals surface area contributed by atoms with Crippen LogP contribution in [-0.2, 0) is 25.7 Å². The molecule has 0 unspecified atom stereocenters.